The van der Waals surface area contributed by atoms with Crippen LogP contribution in [0.5, 0.6) is 0 Å². The molecule has 0 aliphatic heterocycles. The number of amides is 3. The van der Waals surface area contributed by atoms with Gasteiger partial charge < -0.3 is 20.1 Å². The molecule has 3 amide bonds. The summed E-state index contributed by atoms with van der Waals surface area (Å²) in [5.41, 5.74) is 0.333. The van der Waals surface area contributed by atoms with E-state index in [9.17, 15) is 28.0 Å². The summed E-state index contributed by atoms with van der Waals surface area (Å²) in [6.07, 6.45) is -0.966. The first kappa shape index (κ1) is 35.1. The quantitative estimate of drug-likeness (QED) is 0.170. The first-order valence-corrected chi connectivity index (χ1v) is 15.4. The fourth-order valence-corrected chi connectivity index (χ4v) is 5.37. The Bertz CT molecular complexity index is 1480. The predicted octanol–water partition coefficient (Wildman–Crippen LogP) is 5.87. The second kappa shape index (κ2) is 16.6. The minimum Gasteiger partial charge on any atom is -0.447 e. The Morgan fingerprint density at radius 1 is 1.07 bits per heavy atom. The van der Waals surface area contributed by atoms with E-state index < -0.39 is 56.9 Å². The van der Waals surface area contributed by atoms with E-state index in [1.54, 1.807) is 26.0 Å². The van der Waals surface area contributed by atoms with Gasteiger partial charge in [0.25, 0.3) is 0 Å². The van der Waals surface area contributed by atoms with Gasteiger partial charge >= 0.3 is 19.9 Å². The number of likely N-dealkylation sites (N-methyl/N-ethyl adjacent to an activating group) is 1. The van der Waals surface area contributed by atoms with E-state index in [4.69, 9.17) is 29.9 Å². The summed E-state index contributed by atoms with van der Waals surface area (Å²) in [5, 5.41) is 16.7. The van der Waals surface area contributed by atoms with Gasteiger partial charge in [0.05, 0.1) is 37.0 Å². The number of carbonyl (C=O) groups excluding carboxylic acids is 2. The number of nitrogens with one attached hydrogen (secondary N) is 2. The number of hydrogen-bond donors (Lipinski definition) is 3. The van der Waals surface area contributed by atoms with Crippen molar-refractivity contribution in [1.29, 1.82) is 0 Å². The number of aliphatic hydroxyl groups is 1. The van der Waals surface area contributed by atoms with Gasteiger partial charge in [-0.1, -0.05) is 23.7 Å². The maximum absolute atomic E-state index is 13.8. The normalized spacial score (nSPS) is 12.9. The maximum atomic E-state index is 13.8. The number of nitrogens with zero attached hydrogens (tertiary/aromatic N) is 2. The van der Waals surface area contributed by atoms with E-state index in [1.165, 1.54) is 48.5 Å². The lowest BCUT2D eigenvalue weighted by Gasteiger charge is -2.30. The van der Waals surface area contributed by atoms with Crippen LogP contribution in [0.3, 0.4) is 0 Å². The van der Waals surface area contributed by atoms with Gasteiger partial charge in [0.1, 0.15) is 24.1 Å². The minimum absolute atomic E-state index is 0.0399. The number of ether oxygens (including phenoxy) is 1. The third kappa shape index (κ3) is 10.4. The van der Waals surface area contributed by atoms with Crippen LogP contribution in [-0.2, 0) is 29.4 Å². The number of pyridine rings is 1. The molecule has 3 aromatic rings. The van der Waals surface area contributed by atoms with Gasteiger partial charge in [-0.15, -0.1) is 0 Å². The largest absolute Gasteiger partial charge is 0.474 e. The Balaban J connectivity index is 1.68. The zero-order chi connectivity index (χ0) is 32.3. The third-order valence-corrected chi connectivity index (χ3v) is 8.23. The topological polar surface area (TPSA) is 149 Å². The lowest BCUT2D eigenvalue weighted by atomic mass is 10.1. The highest BCUT2D eigenvalue weighted by atomic mass is 35.5. The van der Waals surface area contributed by atoms with Crippen molar-refractivity contribution in [2.75, 3.05) is 38.8 Å². The predicted molar refractivity (Wildman–Crippen MR) is 159 cm³/mol. The summed E-state index contributed by atoms with van der Waals surface area (Å²) in [6.45, 7) is 2.28. The van der Waals surface area contributed by atoms with E-state index >= 15 is 0 Å². The number of hydrogen-bond acceptors (Lipinski definition) is 9. The monoisotopic (exact) mass is 658 g/mol. The van der Waals surface area contributed by atoms with Crippen LogP contribution in [0.4, 0.5) is 24.2 Å². The number of fused-ring (bicyclic) bond motifs is 1. The second-order valence-electron chi connectivity index (χ2n) is 9.39. The van der Waals surface area contributed by atoms with Crippen LogP contribution in [-0.4, -0.2) is 72.7 Å². The number of phosphoric acid groups is 1. The van der Waals surface area contributed by atoms with E-state index in [0.29, 0.717) is 16.3 Å². The molecular weight excluding hydrogens is 625 g/mol. The molecule has 0 saturated heterocycles. The van der Waals surface area contributed by atoms with Gasteiger partial charge in [-0.05, 0) is 61.5 Å². The van der Waals surface area contributed by atoms with Gasteiger partial charge in [0.15, 0.2) is 0 Å². The molecule has 2 atom stereocenters. The summed E-state index contributed by atoms with van der Waals surface area (Å²) >= 11 is 5.98. The van der Waals surface area contributed by atoms with Crippen LogP contribution in [0, 0.1) is 11.6 Å². The molecule has 12 nitrogen and oxygen atoms in total. The van der Waals surface area contributed by atoms with E-state index in [1.807, 2.05) is 0 Å². The SMILES string of the molecule is CCOP(=O)(OCC)OCC(O)C[C@H](COC(=O)Nc1cc2cc(F)ccc2cn1)N(C)C(=O)NCc1cccc(F)c1Cl. The van der Waals surface area contributed by atoms with Crippen molar-refractivity contribution < 1.29 is 46.3 Å². The molecule has 0 aliphatic carbocycles. The van der Waals surface area contributed by atoms with Crippen LogP contribution in [0.1, 0.15) is 25.8 Å². The Hall–Kier alpha value is -3.39. The maximum Gasteiger partial charge on any atom is 0.474 e. The van der Waals surface area contributed by atoms with E-state index in [2.05, 4.69) is 15.6 Å². The molecule has 0 bridgehead atoms. The highest BCUT2D eigenvalue weighted by Crippen LogP contribution is 2.49. The molecule has 2 aromatic carbocycles. The van der Waals surface area contributed by atoms with Gasteiger partial charge in [0.2, 0.25) is 0 Å². The summed E-state index contributed by atoms with van der Waals surface area (Å²) in [4.78, 5) is 30.9. The molecular formula is C28H34ClF2N4O8P. The number of aromatic nitrogens is 1. The van der Waals surface area contributed by atoms with Crippen molar-refractivity contribution in [3.63, 3.8) is 0 Å². The molecule has 0 spiro atoms. The second-order valence-corrected chi connectivity index (χ2v) is 11.4. The molecule has 0 radical (unpaired) electrons. The summed E-state index contributed by atoms with van der Waals surface area (Å²) in [5.74, 6) is -1.00. The van der Waals surface area contributed by atoms with Crippen LogP contribution in [0.2, 0.25) is 5.02 Å². The van der Waals surface area contributed by atoms with Crippen molar-refractivity contribution in [1.82, 2.24) is 15.2 Å². The molecule has 0 saturated carbocycles. The van der Waals surface area contributed by atoms with Crippen LogP contribution >= 0.6 is 19.4 Å². The number of anilines is 1. The molecule has 0 aliphatic rings. The van der Waals surface area contributed by atoms with E-state index in [-0.39, 0.29) is 37.0 Å². The number of phosphoric ester groups is 1. The minimum atomic E-state index is -3.93. The lowest BCUT2D eigenvalue weighted by molar-refractivity contribution is 0.0353. The van der Waals surface area contributed by atoms with Crippen molar-refractivity contribution in [3.8, 4) is 0 Å². The standard InChI is InChI=1S/C28H34ClF2N4O8P/c1-4-41-44(39,42-5-2)43-17-23(36)13-22(35(3)27(37)33-15-19-7-6-8-24(31)26(19)29)16-40-28(38)34-25-12-20-11-21(30)10-9-18(20)14-32-25/h6-12,14,22-23,36H,4-5,13,15-17H2,1-3H3,(H,33,37)(H,32,34,38)/t22-,23?/m1/s1. The molecule has 3 N–H and O–H groups in total. The average Bonchev–Trinajstić information content (AvgIpc) is 2.98. The van der Waals surface area contributed by atoms with Crippen molar-refractivity contribution >= 4 is 48.1 Å². The number of carbonyl (C=O) groups is 2. The van der Waals surface area contributed by atoms with Crippen molar-refractivity contribution in [3.05, 3.63) is 70.9 Å². The molecule has 0 fully saturated rings. The summed E-state index contributed by atoms with van der Waals surface area (Å²) in [6, 6.07) is 8.17. The first-order valence-electron chi connectivity index (χ1n) is 13.6. The number of urea groups is 1. The number of rotatable bonds is 15. The van der Waals surface area contributed by atoms with Crippen LogP contribution in [0.25, 0.3) is 10.8 Å². The zero-order valence-electron chi connectivity index (χ0n) is 24.3. The fraction of sp³-hybridized carbons (Fsp3) is 0.393. The van der Waals surface area contributed by atoms with Gasteiger partial charge in [-0.2, -0.15) is 0 Å². The molecule has 1 heterocycles. The Morgan fingerprint density at radius 3 is 2.50 bits per heavy atom. The third-order valence-electron chi connectivity index (χ3n) is 6.19. The van der Waals surface area contributed by atoms with Crippen molar-refractivity contribution in [2.45, 2.75) is 39.0 Å². The van der Waals surface area contributed by atoms with Crippen molar-refractivity contribution in [2.24, 2.45) is 0 Å². The number of halogens is 3. The molecule has 240 valence electrons. The summed E-state index contributed by atoms with van der Waals surface area (Å²) in [7, 11) is -2.53. The van der Waals surface area contributed by atoms with Gasteiger partial charge in [-0.25, -0.2) is 27.9 Å². The average molecular weight is 659 g/mol. The smallest absolute Gasteiger partial charge is 0.447 e. The van der Waals surface area contributed by atoms with Gasteiger partial charge in [-0.3, -0.25) is 18.9 Å². The Labute approximate surface area is 258 Å². The molecule has 3 rings (SSSR count). The Kier molecular flexibility index (Phi) is 13.3. The van der Waals surface area contributed by atoms with Crippen LogP contribution < -0.4 is 10.6 Å². The van der Waals surface area contributed by atoms with E-state index in [0.717, 1.165) is 0 Å². The van der Waals surface area contributed by atoms with Crippen LogP contribution in [0.15, 0.2) is 48.7 Å². The van der Waals surface area contributed by atoms with Gasteiger partial charge in [0, 0.05) is 25.2 Å². The summed E-state index contributed by atoms with van der Waals surface area (Å²) < 4.78 is 60.7. The number of aliphatic hydroxyl groups excluding tert-OH is 1. The molecule has 16 heteroatoms. The fourth-order valence-electron chi connectivity index (χ4n) is 3.96. The highest BCUT2D eigenvalue weighted by Gasteiger charge is 2.29. The lowest BCUT2D eigenvalue weighted by Crippen LogP contribution is -2.47. The number of benzene rings is 2. The Morgan fingerprint density at radius 2 is 1.80 bits per heavy atom. The molecule has 1 aromatic heterocycles. The zero-order valence-corrected chi connectivity index (χ0v) is 25.9. The highest BCUT2D eigenvalue weighted by molar-refractivity contribution is 7.48. The molecule has 1 unspecified atom stereocenters. The first-order chi connectivity index (χ1) is 20.9. The molecule has 44 heavy (non-hydrogen) atoms.